The van der Waals surface area contributed by atoms with Crippen LogP contribution in [-0.4, -0.2) is 17.1 Å². The second kappa shape index (κ2) is 4.49. The van der Waals surface area contributed by atoms with E-state index in [2.05, 4.69) is 16.9 Å². The Kier molecular flexibility index (Phi) is 3.19. The Hall–Kier alpha value is -1.36. The number of hydrogen-bond donors (Lipinski definition) is 2. The fourth-order valence-corrected chi connectivity index (χ4v) is 2.69. The van der Waals surface area contributed by atoms with Crippen molar-refractivity contribution in [1.29, 1.82) is 0 Å². The number of nitrogen functional groups attached to an aromatic ring is 1. The Balaban J connectivity index is 2.43. The molecular weight excluding hydrogens is 218 g/mol. The van der Waals surface area contributed by atoms with Gasteiger partial charge >= 0.3 is 0 Å². The molecule has 0 radical (unpaired) electrons. The Bertz CT molecular complexity index is 457. The number of anilines is 1. The van der Waals surface area contributed by atoms with Crippen LogP contribution in [0.5, 0.6) is 0 Å². The number of nitrogens with zero attached hydrogens (tertiary/aromatic N) is 1. The average molecular weight is 237 g/mol. The zero-order valence-corrected chi connectivity index (χ0v) is 10.3. The zero-order valence-electron chi connectivity index (χ0n) is 10.3. The van der Waals surface area contributed by atoms with Gasteiger partial charge in [-0.3, -0.25) is 4.79 Å². The Labute approximate surface area is 100 Å². The van der Waals surface area contributed by atoms with E-state index in [-0.39, 0.29) is 11.4 Å². The summed E-state index contributed by atoms with van der Waals surface area (Å²) in [6.45, 7) is 2.19. The maximum absolute atomic E-state index is 11.5. The minimum absolute atomic E-state index is 0.220. The second-order valence-corrected chi connectivity index (χ2v) is 4.92. The van der Waals surface area contributed by atoms with Crippen molar-refractivity contribution in [2.24, 2.45) is 5.92 Å². The summed E-state index contributed by atoms with van der Waals surface area (Å²) in [6.07, 6.45) is 4.02. The van der Waals surface area contributed by atoms with Crippen molar-refractivity contribution in [2.75, 3.05) is 12.8 Å². The summed E-state index contributed by atoms with van der Waals surface area (Å²) >= 11 is 0. The summed E-state index contributed by atoms with van der Waals surface area (Å²) in [5.74, 6) is 1.38. The molecule has 5 nitrogen and oxygen atoms in total. The molecule has 17 heavy (non-hydrogen) atoms. The number of aromatic nitrogens is 2. The molecule has 2 atom stereocenters. The molecule has 5 heteroatoms. The van der Waals surface area contributed by atoms with E-state index in [9.17, 15) is 4.79 Å². The van der Waals surface area contributed by atoms with Gasteiger partial charge in [-0.15, -0.1) is 0 Å². The highest BCUT2D eigenvalue weighted by Gasteiger charge is 2.39. The molecule has 94 valence electrons. The number of hydrogen-bond acceptors (Lipinski definition) is 4. The Morgan fingerprint density at radius 2 is 2.41 bits per heavy atom. The van der Waals surface area contributed by atoms with E-state index in [1.165, 1.54) is 12.5 Å². The molecule has 2 unspecified atom stereocenters. The van der Waals surface area contributed by atoms with Crippen molar-refractivity contribution in [1.82, 2.24) is 9.97 Å². The van der Waals surface area contributed by atoms with Crippen molar-refractivity contribution in [3.05, 3.63) is 22.2 Å². The number of ether oxygens (including phenoxy) is 1. The van der Waals surface area contributed by atoms with Crippen LogP contribution >= 0.6 is 0 Å². The highest BCUT2D eigenvalue weighted by molar-refractivity contribution is 5.27. The third-order valence-electron chi connectivity index (χ3n) is 3.54. The molecule has 0 aromatic carbocycles. The largest absolute Gasteiger partial charge is 0.383 e. The van der Waals surface area contributed by atoms with E-state index in [1.54, 1.807) is 7.11 Å². The second-order valence-electron chi connectivity index (χ2n) is 4.92. The molecule has 1 fully saturated rings. The minimum Gasteiger partial charge on any atom is -0.383 e. The first-order chi connectivity index (χ1) is 8.05. The lowest BCUT2D eigenvalue weighted by Gasteiger charge is -2.37. The fourth-order valence-electron chi connectivity index (χ4n) is 2.69. The quantitative estimate of drug-likeness (QED) is 0.814. The van der Waals surface area contributed by atoms with Crippen molar-refractivity contribution in [3.63, 3.8) is 0 Å². The molecule has 1 aliphatic carbocycles. The summed E-state index contributed by atoms with van der Waals surface area (Å²) in [4.78, 5) is 18.5. The first-order valence-electron chi connectivity index (χ1n) is 5.98. The van der Waals surface area contributed by atoms with Crippen molar-refractivity contribution >= 4 is 5.82 Å². The molecule has 1 aromatic heterocycles. The minimum atomic E-state index is -0.480. The van der Waals surface area contributed by atoms with Crippen LogP contribution in [0.15, 0.2) is 10.9 Å². The van der Waals surface area contributed by atoms with Gasteiger partial charge in [0.2, 0.25) is 0 Å². The van der Waals surface area contributed by atoms with E-state index in [1.807, 2.05) is 0 Å². The molecule has 0 saturated heterocycles. The Morgan fingerprint density at radius 3 is 3.00 bits per heavy atom. The highest BCUT2D eigenvalue weighted by atomic mass is 16.5. The molecule has 0 aliphatic heterocycles. The Morgan fingerprint density at radius 1 is 1.65 bits per heavy atom. The van der Waals surface area contributed by atoms with Gasteiger partial charge in [-0.05, 0) is 25.2 Å². The first-order valence-corrected chi connectivity index (χ1v) is 5.98. The molecule has 1 aromatic rings. The summed E-state index contributed by atoms with van der Waals surface area (Å²) < 4.78 is 5.66. The highest BCUT2D eigenvalue weighted by Crippen LogP contribution is 2.40. The molecule has 0 amide bonds. The predicted octanol–water partition coefficient (Wildman–Crippen LogP) is 1.40. The molecule has 1 saturated carbocycles. The van der Waals surface area contributed by atoms with E-state index in [0.717, 1.165) is 19.3 Å². The summed E-state index contributed by atoms with van der Waals surface area (Å²) in [7, 11) is 1.67. The molecular formula is C12H19N3O2. The van der Waals surface area contributed by atoms with Crippen LogP contribution in [0.1, 0.15) is 38.4 Å². The lowest BCUT2D eigenvalue weighted by Crippen LogP contribution is -2.37. The number of nitrogens with one attached hydrogen (secondary N) is 1. The van der Waals surface area contributed by atoms with Gasteiger partial charge in [0.1, 0.15) is 17.2 Å². The van der Waals surface area contributed by atoms with Crippen LogP contribution in [0.3, 0.4) is 0 Å². The van der Waals surface area contributed by atoms with Crippen molar-refractivity contribution in [2.45, 2.75) is 38.2 Å². The van der Waals surface area contributed by atoms with Gasteiger partial charge in [-0.2, -0.15) is 0 Å². The smallest absolute Gasteiger partial charge is 0.253 e. The molecule has 1 aliphatic rings. The van der Waals surface area contributed by atoms with Crippen molar-refractivity contribution < 1.29 is 4.74 Å². The SMILES string of the molecule is COC1(c2nc(N)cc(=O)[nH]2)CCCC(C)C1. The zero-order chi connectivity index (χ0) is 12.5. The van der Waals surface area contributed by atoms with Gasteiger partial charge in [-0.25, -0.2) is 4.98 Å². The van der Waals surface area contributed by atoms with Crippen LogP contribution in [0.25, 0.3) is 0 Å². The number of rotatable bonds is 2. The van der Waals surface area contributed by atoms with E-state index in [0.29, 0.717) is 11.7 Å². The van der Waals surface area contributed by atoms with E-state index in [4.69, 9.17) is 10.5 Å². The number of nitrogens with two attached hydrogens (primary N) is 1. The van der Waals surface area contributed by atoms with E-state index < -0.39 is 5.60 Å². The summed E-state index contributed by atoms with van der Waals surface area (Å²) in [5, 5.41) is 0. The van der Waals surface area contributed by atoms with Crippen LogP contribution in [0, 0.1) is 5.92 Å². The number of methoxy groups -OCH3 is 1. The monoisotopic (exact) mass is 237 g/mol. The van der Waals surface area contributed by atoms with Crippen LogP contribution in [-0.2, 0) is 10.3 Å². The third kappa shape index (κ3) is 2.34. The van der Waals surface area contributed by atoms with Gasteiger partial charge in [-0.1, -0.05) is 13.3 Å². The fraction of sp³-hybridized carbons (Fsp3) is 0.667. The molecule has 0 bridgehead atoms. The molecule has 1 heterocycles. The normalized spacial score (nSPS) is 29.2. The van der Waals surface area contributed by atoms with Crippen molar-refractivity contribution in [3.8, 4) is 0 Å². The van der Waals surface area contributed by atoms with Crippen LogP contribution in [0.2, 0.25) is 0 Å². The third-order valence-corrected chi connectivity index (χ3v) is 3.54. The topological polar surface area (TPSA) is 81.0 Å². The summed E-state index contributed by atoms with van der Waals surface area (Å²) in [5.41, 5.74) is 4.93. The van der Waals surface area contributed by atoms with Gasteiger partial charge in [0.25, 0.3) is 5.56 Å². The average Bonchev–Trinajstić information content (AvgIpc) is 2.27. The van der Waals surface area contributed by atoms with Gasteiger partial charge in [0.15, 0.2) is 0 Å². The van der Waals surface area contributed by atoms with Crippen LogP contribution in [0.4, 0.5) is 5.82 Å². The first kappa shape index (κ1) is 12.1. The lowest BCUT2D eigenvalue weighted by atomic mass is 9.78. The molecule has 3 N–H and O–H groups in total. The lowest BCUT2D eigenvalue weighted by molar-refractivity contribution is -0.0646. The molecule has 2 rings (SSSR count). The maximum atomic E-state index is 11.5. The number of aromatic amines is 1. The van der Waals surface area contributed by atoms with E-state index >= 15 is 0 Å². The van der Waals surface area contributed by atoms with Gasteiger partial charge in [0.05, 0.1) is 0 Å². The van der Waals surface area contributed by atoms with Gasteiger partial charge in [0, 0.05) is 13.2 Å². The predicted molar refractivity (Wildman–Crippen MR) is 65.6 cm³/mol. The molecule has 0 spiro atoms. The standard InChI is InChI=1S/C12H19N3O2/c1-8-4-3-5-12(7-8,17-2)11-14-9(13)6-10(16)15-11/h6,8H,3-5,7H2,1-2H3,(H3,13,14,15,16). The summed E-state index contributed by atoms with van der Waals surface area (Å²) in [6, 6.07) is 1.29. The van der Waals surface area contributed by atoms with Crippen LogP contribution < -0.4 is 11.3 Å². The van der Waals surface area contributed by atoms with Gasteiger partial charge < -0.3 is 15.5 Å². The number of H-pyrrole nitrogens is 1. The maximum Gasteiger partial charge on any atom is 0.253 e.